The molecule has 0 radical (unpaired) electrons. The zero-order valence-electron chi connectivity index (χ0n) is 12.2. The molecule has 2 heterocycles. The first-order chi connectivity index (χ1) is 9.80. The van der Waals surface area contributed by atoms with Crippen LogP contribution in [0.3, 0.4) is 0 Å². The summed E-state index contributed by atoms with van der Waals surface area (Å²) in [6.07, 6.45) is 8.44. The van der Waals surface area contributed by atoms with Crippen molar-refractivity contribution < 1.29 is 9.84 Å². The van der Waals surface area contributed by atoms with Crippen LogP contribution in [0.4, 0.5) is 0 Å². The van der Waals surface area contributed by atoms with E-state index in [-0.39, 0.29) is 18.8 Å². The molecule has 5 heteroatoms. The van der Waals surface area contributed by atoms with E-state index in [1.54, 1.807) is 7.11 Å². The van der Waals surface area contributed by atoms with E-state index >= 15 is 0 Å². The van der Waals surface area contributed by atoms with Crippen molar-refractivity contribution in [3.05, 3.63) is 18.0 Å². The van der Waals surface area contributed by atoms with E-state index in [9.17, 15) is 5.11 Å². The summed E-state index contributed by atoms with van der Waals surface area (Å²) in [7, 11) is 1.75. The average Bonchev–Trinajstić information content (AvgIpc) is 3.19. The van der Waals surface area contributed by atoms with Gasteiger partial charge in [0.15, 0.2) is 0 Å². The van der Waals surface area contributed by atoms with Gasteiger partial charge in [0.25, 0.3) is 0 Å². The minimum absolute atomic E-state index is 0.198. The van der Waals surface area contributed by atoms with Gasteiger partial charge in [-0.3, -0.25) is 9.58 Å². The molecule has 1 aliphatic carbocycles. The van der Waals surface area contributed by atoms with E-state index in [1.807, 2.05) is 0 Å². The second-order valence-corrected chi connectivity index (χ2v) is 6.08. The number of ether oxygens (including phenoxy) is 1. The maximum Gasteiger partial charge on any atom is 0.0765 e. The maximum absolute atomic E-state index is 9.48. The highest BCUT2D eigenvalue weighted by Crippen LogP contribution is 2.29. The smallest absolute Gasteiger partial charge is 0.0765 e. The lowest BCUT2D eigenvalue weighted by molar-refractivity contribution is 0.107. The van der Waals surface area contributed by atoms with Crippen molar-refractivity contribution in [2.45, 2.75) is 56.8 Å². The third-order valence-electron chi connectivity index (χ3n) is 4.76. The van der Waals surface area contributed by atoms with Crippen molar-refractivity contribution in [3.63, 3.8) is 0 Å². The van der Waals surface area contributed by atoms with Crippen molar-refractivity contribution in [2.75, 3.05) is 20.3 Å². The number of hydrogen-bond acceptors (Lipinski definition) is 4. The Morgan fingerprint density at radius 2 is 2.20 bits per heavy atom. The maximum atomic E-state index is 9.48. The molecule has 5 nitrogen and oxygen atoms in total. The molecular formula is C15H25N3O2. The van der Waals surface area contributed by atoms with Gasteiger partial charge in [-0.25, -0.2) is 0 Å². The van der Waals surface area contributed by atoms with Gasteiger partial charge in [-0.15, -0.1) is 0 Å². The number of likely N-dealkylation sites (tertiary alicyclic amines) is 1. The fourth-order valence-corrected chi connectivity index (χ4v) is 3.53. The lowest BCUT2D eigenvalue weighted by Crippen LogP contribution is -2.32. The zero-order valence-corrected chi connectivity index (χ0v) is 12.2. The summed E-state index contributed by atoms with van der Waals surface area (Å²) in [4.78, 5) is 2.29. The predicted molar refractivity (Wildman–Crippen MR) is 76.4 cm³/mol. The summed E-state index contributed by atoms with van der Waals surface area (Å²) in [5.41, 5.74) is 1.10. The zero-order chi connectivity index (χ0) is 13.9. The Bertz CT molecular complexity index is 429. The van der Waals surface area contributed by atoms with Gasteiger partial charge in [0.05, 0.1) is 24.4 Å². The number of hydrogen-bond donors (Lipinski definition) is 1. The van der Waals surface area contributed by atoms with Crippen molar-refractivity contribution in [1.82, 2.24) is 14.7 Å². The number of nitrogens with zero attached hydrogens (tertiary/aromatic N) is 3. The van der Waals surface area contributed by atoms with Crippen LogP contribution in [-0.2, 0) is 11.3 Å². The number of rotatable bonds is 5. The van der Waals surface area contributed by atoms with Crippen LogP contribution in [0.2, 0.25) is 0 Å². The Morgan fingerprint density at radius 3 is 2.90 bits per heavy atom. The lowest BCUT2D eigenvalue weighted by Gasteiger charge is -2.21. The van der Waals surface area contributed by atoms with E-state index in [0.717, 1.165) is 25.2 Å². The number of aromatic nitrogens is 2. The molecule has 0 spiro atoms. The average molecular weight is 279 g/mol. The molecule has 1 aromatic rings. The molecule has 2 atom stereocenters. The SMILES string of the molecule is CO[C@@H]1C[C@@H](CO)N(Cc2ccn(C3CCCC3)n2)C1. The first kappa shape index (κ1) is 14.0. The van der Waals surface area contributed by atoms with E-state index < -0.39 is 0 Å². The van der Waals surface area contributed by atoms with Crippen LogP contribution in [-0.4, -0.2) is 52.2 Å². The monoisotopic (exact) mass is 279 g/mol. The van der Waals surface area contributed by atoms with Crippen LogP contribution in [0, 0.1) is 0 Å². The second-order valence-electron chi connectivity index (χ2n) is 6.08. The van der Waals surface area contributed by atoms with Gasteiger partial charge in [-0.1, -0.05) is 12.8 Å². The fraction of sp³-hybridized carbons (Fsp3) is 0.800. The van der Waals surface area contributed by atoms with Gasteiger partial charge in [0, 0.05) is 32.4 Å². The van der Waals surface area contributed by atoms with E-state index in [2.05, 4.69) is 21.8 Å². The molecule has 0 bridgehead atoms. The number of aliphatic hydroxyl groups excluding tert-OH is 1. The van der Waals surface area contributed by atoms with E-state index in [0.29, 0.717) is 6.04 Å². The molecule has 1 aliphatic heterocycles. The van der Waals surface area contributed by atoms with Crippen LogP contribution in [0.1, 0.15) is 43.8 Å². The summed E-state index contributed by atoms with van der Waals surface area (Å²) in [6.45, 7) is 1.89. The molecule has 1 N–H and O–H groups in total. The highest BCUT2D eigenvalue weighted by molar-refractivity contribution is 5.02. The second kappa shape index (κ2) is 6.24. The van der Waals surface area contributed by atoms with Crippen molar-refractivity contribution in [2.24, 2.45) is 0 Å². The summed E-state index contributed by atoms with van der Waals surface area (Å²) < 4.78 is 7.56. The number of methoxy groups -OCH3 is 1. The molecule has 112 valence electrons. The van der Waals surface area contributed by atoms with Gasteiger partial charge >= 0.3 is 0 Å². The summed E-state index contributed by atoms with van der Waals surface area (Å²) in [5, 5.41) is 14.2. The Kier molecular flexibility index (Phi) is 4.38. The van der Waals surface area contributed by atoms with Crippen molar-refractivity contribution in [1.29, 1.82) is 0 Å². The minimum Gasteiger partial charge on any atom is -0.395 e. The molecule has 3 rings (SSSR count). The molecule has 20 heavy (non-hydrogen) atoms. The quantitative estimate of drug-likeness (QED) is 0.889. The van der Waals surface area contributed by atoms with Crippen molar-refractivity contribution >= 4 is 0 Å². The summed E-state index contributed by atoms with van der Waals surface area (Å²) >= 11 is 0. The third-order valence-corrected chi connectivity index (χ3v) is 4.76. The standard InChI is InChI=1S/C15H25N3O2/c1-20-15-8-14(11-19)17(10-15)9-12-6-7-18(16-12)13-4-2-3-5-13/h6-7,13-15,19H,2-5,8-11H2,1H3/t14-,15+/m0/s1. The first-order valence-corrected chi connectivity index (χ1v) is 7.72. The molecule has 0 aromatic carbocycles. The lowest BCUT2D eigenvalue weighted by atomic mass is 10.2. The summed E-state index contributed by atoms with van der Waals surface area (Å²) in [6, 6.07) is 2.92. The Morgan fingerprint density at radius 1 is 1.40 bits per heavy atom. The molecule has 1 aromatic heterocycles. The molecular weight excluding hydrogens is 254 g/mol. The van der Waals surface area contributed by atoms with Gasteiger partial charge in [0.1, 0.15) is 0 Å². The molecule has 1 saturated carbocycles. The van der Waals surface area contributed by atoms with Crippen molar-refractivity contribution in [3.8, 4) is 0 Å². The van der Waals surface area contributed by atoms with Crippen LogP contribution >= 0.6 is 0 Å². The molecule has 2 fully saturated rings. The highest BCUT2D eigenvalue weighted by atomic mass is 16.5. The topological polar surface area (TPSA) is 50.5 Å². The van der Waals surface area contributed by atoms with Gasteiger partial charge < -0.3 is 9.84 Å². The van der Waals surface area contributed by atoms with Crippen LogP contribution in [0.5, 0.6) is 0 Å². The van der Waals surface area contributed by atoms with Gasteiger partial charge in [0.2, 0.25) is 0 Å². The normalized spacial score (nSPS) is 28.5. The van der Waals surface area contributed by atoms with Crippen LogP contribution in [0.15, 0.2) is 12.3 Å². The molecule has 0 amide bonds. The van der Waals surface area contributed by atoms with Gasteiger partial charge in [-0.05, 0) is 25.3 Å². The first-order valence-electron chi connectivity index (χ1n) is 7.72. The summed E-state index contributed by atoms with van der Waals surface area (Å²) in [5.74, 6) is 0. The number of aliphatic hydroxyl groups is 1. The largest absolute Gasteiger partial charge is 0.395 e. The van der Waals surface area contributed by atoms with Crippen LogP contribution < -0.4 is 0 Å². The Balaban J connectivity index is 1.62. The highest BCUT2D eigenvalue weighted by Gasteiger charge is 2.32. The molecule has 0 unspecified atom stereocenters. The van der Waals surface area contributed by atoms with E-state index in [1.165, 1.54) is 25.7 Å². The molecule has 2 aliphatic rings. The van der Waals surface area contributed by atoms with Crippen LogP contribution in [0.25, 0.3) is 0 Å². The fourth-order valence-electron chi connectivity index (χ4n) is 3.53. The Hall–Kier alpha value is -0.910. The minimum atomic E-state index is 0.198. The third kappa shape index (κ3) is 2.90. The van der Waals surface area contributed by atoms with Gasteiger partial charge in [-0.2, -0.15) is 5.10 Å². The Labute approximate surface area is 120 Å². The molecule has 1 saturated heterocycles. The predicted octanol–water partition coefficient (Wildman–Crippen LogP) is 1.58. The van der Waals surface area contributed by atoms with E-state index in [4.69, 9.17) is 9.84 Å².